The molecule has 68 heavy (non-hydrogen) atoms. The third-order valence-electron chi connectivity index (χ3n) is 14.5. The van der Waals surface area contributed by atoms with Crippen LogP contribution < -0.4 is 10.6 Å². The molecule has 0 unspecified atom stereocenters. The molecule has 0 bridgehead atoms. The van der Waals surface area contributed by atoms with Crippen molar-refractivity contribution < 1.29 is 60.6 Å². The van der Waals surface area contributed by atoms with E-state index in [1.807, 2.05) is 0 Å². The Labute approximate surface area is 437 Å². The molecule has 2 N–H and O–H groups in total. The SMILES string of the molecule is CC(=O)O.CC(=O)O.Cn1c(-c2ccccc2P(C2CCCCC2)C2CCCCC2)[c-]c2ccccc21.Cn1c(-c2ccccc2P(C2CCCCC2)C2CCCCC2)[c-]c2ccccc21.[Pd].[Pd]. The zero-order valence-corrected chi connectivity index (χ0v) is 45.7. The van der Waals surface area contributed by atoms with Crippen LogP contribution in [0, 0.1) is 12.1 Å². The molecule has 0 aliphatic heterocycles. The zero-order chi connectivity index (χ0) is 46.4. The number of carboxylic acid groups (broad SMARTS) is 2. The van der Waals surface area contributed by atoms with Crippen LogP contribution >= 0.6 is 15.8 Å². The van der Waals surface area contributed by atoms with E-state index in [2.05, 4.69) is 132 Å². The van der Waals surface area contributed by atoms with Crippen LogP contribution in [0.4, 0.5) is 0 Å². The second-order valence-corrected chi connectivity index (χ2v) is 24.7. The van der Waals surface area contributed by atoms with Gasteiger partial charge in [-0.2, -0.15) is 0 Å². The molecule has 372 valence electrons. The van der Waals surface area contributed by atoms with Gasteiger partial charge in [-0.05, 0) is 96.4 Å². The van der Waals surface area contributed by atoms with E-state index in [0.29, 0.717) is 0 Å². The van der Waals surface area contributed by atoms with Gasteiger partial charge in [0.05, 0.1) is 0 Å². The Balaban J connectivity index is 0.000000214. The quantitative estimate of drug-likeness (QED) is 0.0903. The third kappa shape index (κ3) is 14.6. The van der Waals surface area contributed by atoms with E-state index >= 15 is 0 Å². The Hall–Kier alpha value is -2.92. The van der Waals surface area contributed by atoms with Gasteiger partial charge >= 0.3 is 0 Å². The molecule has 0 atom stereocenters. The summed E-state index contributed by atoms with van der Waals surface area (Å²) in [5, 5.41) is 20.6. The van der Waals surface area contributed by atoms with Crippen LogP contribution in [0.1, 0.15) is 142 Å². The summed E-state index contributed by atoms with van der Waals surface area (Å²) in [6.07, 6.45) is 29.0. The predicted molar refractivity (Wildman–Crippen MR) is 282 cm³/mol. The third-order valence-corrected chi connectivity index (χ3v) is 21.6. The van der Waals surface area contributed by atoms with E-state index < -0.39 is 11.9 Å². The number of aryl methyl sites for hydroxylation is 2. The molecule has 2 aromatic heterocycles. The molecule has 4 aromatic carbocycles. The van der Waals surface area contributed by atoms with Gasteiger partial charge in [0.1, 0.15) is 0 Å². The number of fused-ring (bicyclic) bond motifs is 2. The average Bonchev–Trinajstić information content (AvgIpc) is 3.86. The fourth-order valence-electron chi connectivity index (χ4n) is 11.5. The molecule has 6 aromatic rings. The molecule has 4 saturated carbocycles. The maximum absolute atomic E-state index is 9.00. The second-order valence-electron chi connectivity index (χ2n) is 19.2. The van der Waals surface area contributed by atoms with Gasteiger partial charge in [0, 0.05) is 68.8 Å². The Morgan fingerprint density at radius 3 is 0.971 bits per heavy atom. The van der Waals surface area contributed by atoms with E-state index in [1.54, 1.807) is 10.6 Å². The van der Waals surface area contributed by atoms with Crippen molar-refractivity contribution >= 4 is 60.2 Å². The number of hydrogen-bond donors (Lipinski definition) is 2. The van der Waals surface area contributed by atoms with Gasteiger partial charge in [-0.3, -0.25) is 9.59 Å². The summed E-state index contributed by atoms with van der Waals surface area (Å²) in [5.74, 6) is -1.67. The van der Waals surface area contributed by atoms with Gasteiger partial charge < -0.3 is 19.3 Å². The van der Waals surface area contributed by atoms with Crippen molar-refractivity contribution in [2.45, 2.75) is 165 Å². The number of aliphatic carboxylic acids is 2. The maximum Gasteiger partial charge on any atom is 0.300 e. The molecule has 4 aliphatic rings. The largest absolute Gasteiger partial charge is 0.481 e. The van der Waals surface area contributed by atoms with Gasteiger partial charge in [-0.25, -0.2) is 0 Å². The van der Waals surface area contributed by atoms with E-state index in [-0.39, 0.29) is 56.7 Å². The smallest absolute Gasteiger partial charge is 0.300 e. The van der Waals surface area contributed by atoms with Crippen LogP contribution in [-0.4, -0.2) is 53.9 Å². The monoisotopic (exact) mass is 1140 g/mol. The van der Waals surface area contributed by atoms with Crippen LogP contribution in [0.5, 0.6) is 0 Å². The van der Waals surface area contributed by atoms with E-state index in [1.165, 1.54) is 173 Å². The minimum absolute atomic E-state index is 0. The molecular formula is C58H74N2O4P2Pd2-2. The minimum atomic E-state index is -0.833. The van der Waals surface area contributed by atoms with Gasteiger partial charge in [-0.15, -0.1) is 47.2 Å². The minimum Gasteiger partial charge on any atom is -0.481 e. The van der Waals surface area contributed by atoms with Crippen LogP contribution in [0.3, 0.4) is 0 Å². The Morgan fingerprint density at radius 2 is 0.691 bits per heavy atom. The van der Waals surface area contributed by atoms with Crippen molar-refractivity contribution in [1.82, 2.24) is 9.13 Å². The number of para-hydroxylation sites is 2. The first-order valence-electron chi connectivity index (χ1n) is 25.2. The first-order chi connectivity index (χ1) is 32.1. The first-order valence-corrected chi connectivity index (χ1v) is 28.2. The fraction of sp³-hybridized carbons (Fsp3) is 0.483. The van der Waals surface area contributed by atoms with Gasteiger partial charge in [-0.1, -0.05) is 187 Å². The van der Waals surface area contributed by atoms with Crippen LogP contribution in [0.15, 0.2) is 97.1 Å². The number of hydrogen-bond acceptors (Lipinski definition) is 2. The van der Waals surface area contributed by atoms with E-state index in [9.17, 15) is 0 Å². The predicted octanol–water partition coefficient (Wildman–Crippen LogP) is 15.0. The van der Waals surface area contributed by atoms with Crippen molar-refractivity contribution in [1.29, 1.82) is 0 Å². The summed E-state index contributed by atoms with van der Waals surface area (Å²) in [7, 11) is 4.21. The molecule has 10 heteroatoms. The van der Waals surface area contributed by atoms with Crippen molar-refractivity contribution in [2.75, 3.05) is 0 Å². The van der Waals surface area contributed by atoms with Crippen LogP contribution in [-0.2, 0) is 64.5 Å². The Morgan fingerprint density at radius 1 is 0.441 bits per heavy atom. The number of nitrogens with zero attached hydrogens (tertiary/aromatic N) is 2. The summed E-state index contributed by atoms with van der Waals surface area (Å²) < 4.78 is 4.73. The normalized spacial score (nSPS) is 17.1. The summed E-state index contributed by atoms with van der Waals surface area (Å²) in [6.45, 7) is 2.17. The Kier molecular flexibility index (Phi) is 23.2. The van der Waals surface area contributed by atoms with Crippen molar-refractivity contribution in [3.63, 3.8) is 0 Å². The summed E-state index contributed by atoms with van der Waals surface area (Å²) in [5.41, 5.74) is 11.8. The number of aromatic nitrogens is 2. The molecule has 2 heterocycles. The zero-order valence-electron chi connectivity index (χ0n) is 40.8. The molecule has 0 amide bonds. The van der Waals surface area contributed by atoms with E-state index in [4.69, 9.17) is 19.8 Å². The standard InChI is InChI=1S/2C27H33NP.2C2H4O2.2Pd/c2*1-28-25-18-10-8-12-21(25)20-26(28)24-17-9-11-19-27(24)29(22-13-4-2-5-14-22)23-15-6-3-7-16-23;2*1-2(3)4;;/h2*8-12,17-19,22-23H,2-7,13-16H2,1H3;2*1H3,(H,3,4);;/q2*-1;;;;. The summed E-state index contributed by atoms with van der Waals surface area (Å²) >= 11 is 0. The molecule has 0 radical (unpaired) electrons. The molecule has 0 saturated heterocycles. The van der Waals surface area contributed by atoms with Gasteiger partial charge in [0.15, 0.2) is 0 Å². The molecule has 10 rings (SSSR count). The van der Waals surface area contributed by atoms with Gasteiger partial charge in [0.2, 0.25) is 0 Å². The number of benzene rings is 4. The number of rotatable bonds is 8. The van der Waals surface area contributed by atoms with Crippen molar-refractivity contribution in [3.8, 4) is 22.5 Å². The fourth-order valence-corrected chi connectivity index (χ4v) is 19.4. The number of carboxylic acids is 2. The topological polar surface area (TPSA) is 84.5 Å². The van der Waals surface area contributed by atoms with Crippen LogP contribution in [0.25, 0.3) is 44.3 Å². The molecule has 6 nitrogen and oxygen atoms in total. The maximum atomic E-state index is 9.00. The second kappa shape index (κ2) is 28.2. The molecular weight excluding hydrogens is 1060 g/mol. The molecule has 0 spiro atoms. The van der Waals surface area contributed by atoms with Crippen LogP contribution in [0.2, 0.25) is 0 Å². The van der Waals surface area contributed by atoms with Crippen molar-refractivity contribution in [2.24, 2.45) is 14.1 Å². The summed E-state index contributed by atoms with van der Waals surface area (Å²) in [6, 6.07) is 43.7. The summed E-state index contributed by atoms with van der Waals surface area (Å²) in [4.78, 5) is 18.0. The first kappa shape index (κ1) is 56.0. The molecule has 4 aliphatic carbocycles. The number of carbonyl (C=O) groups is 2. The Bertz CT molecular complexity index is 2260. The van der Waals surface area contributed by atoms with E-state index in [0.717, 1.165) is 36.5 Å². The average molecular weight is 1140 g/mol. The van der Waals surface area contributed by atoms with Crippen molar-refractivity contribution in [3.05, 3.63) is 109 Å². The van der Waals surface area contributed by atoms with Gasteiger partial charge in [0.25, 0.3) is 11.9 Å². The molecule has 4 fully saturated rings.